The van der Waals surface area contributed by atoms with Crippen LogP contribution in [0, 0.1) is 0 Å². The van der Waals surface area contributed by atoms with Gasteiger partial charge in [0.25, 0.3) is 0 Å². The van der Waals surface area contributed by atoms with Crippen LogP contribution in [0.15, 0.2) is 53.0 Å². The number of para-hydroxylation sites is 1. The zero-order chi connectivity index (χ0) is 13.2. The van der Waals surface area contributed by atoms with Gasteiger partial charge in [0.15, 0.2) is 0 Å². The molecule has 0 aromatic heterocycles. The molecular formula is C13H9BrF3KO2. The van der Waals surface area contributed by atoms with E-state index < -0.39 is 11.7 Å². The molecule has 2 nitrogen and oxygen atoms in total. The van der Waals surface area contributed by atoms with Crippen LogP contribution < -0.4 is 56.1 Å². The van der Waals surface area contributed by atoms with Crippen LogP contribution in [0.5, 0.6) is 11.5 Å². The number of ether oxygens (including phenoxy) is 1. The molecule has 0 fully saturated rings. The summed E-state index contributed by atoms with van der Waals surface area (Å²) < 4.78 is 44.3. The van der Waals surface area contributed by atoms with E-state index in [-0.39, 0.29) is 62.6 Å². The van der Waals surface area contributed by atoms with E-state index in [9.17, 15) is 13.2 Å². The maximum absolute atomic E-state index is 12.7. The Morgan fingerprint density at radius 3 is 2.00 bits per heavy atom. The monoisotopic (exact) mass is 372 g/mol. The molecule has 2 rings (SSSR count). The van der Waals surface area contributed by atoms with Gasteiger partial charge in [-0.25, -0.2) is 0 Å². The predicted octanol–water partition coefficient (Wildman–Crippen LogP) is 2.09. The van der Waals surface area contributed by atoms with Crippen molar-refractivity contribution in [3.63, 3.8) is 0 Å². The number of hydrogen-bond acceptors (Lipinski definition) is 2. The second-order valence-electron chi connectivity index (χ2n) is 3.55. The van der Waals surface area contributed by atoms with Crippen LogP contribution in [0.1, 0.15) is 5.56 Å². The summed E-state index contributed by atoms with van der Waals surface area (Å²) in [6, 6.07) is 11.7. The van der Waals surface area contributed by atoms with Crippen molar-refractivity contribution in [1.29, 1.82) is 0 Å². The molecule has 0 spiro atoms. The van der Waals surface area contributed by atoms with E-state index in [1.54, 1.807) is 24.3 Å². The Bertz CT molecular complexity index is 544. The first-order valence-corrected chi connectivity index (χ1v) is 5.86. The van der Waals surface area contributed by atoms with Crippen molar-refractivity contribution in [3.05, 3.63) is 58.6 Å². The average molecular weight is 373 g/mol. The van der Waals surface area contributed by atoms with Gasteiger partial charge in [-0.05, 0) is 36.4 Å². The normalized spacial score (nSPS) is 10.2. The van der Waals surface area contributed by atoms with Crippen molar-refractivity contribution in [2.24, 2.45) is 0 Å². The van der Waals surface area contributed by atoms with Crippen molar-refractivity contribution in [2.75, 3.05) is 0 Å². The van der Waals surface area contributed by atoms with E-state index in [1.807, 2.05) is 0 Å². The summed E-state index contributed by atoms with van der Waals surface area (Å²) in [6.45, 7) is 0. The molecule has 1 N–H and O–H groups in total. The third kappa shape index (κ3) is 5.48. The Balaban J connectivity index is 0.00000180. The van der Waals surface area contributed by atoms with Gasteiger partial charge in [-0.2, -0.15) is 13.2 Å². The van der Waals surface area contributed by atoms with E-state index in [0.29, 0.717) is 5.75 Å². The molecule has 0 aliphatic rings. The summed E-state index contributed by atoms with van der Waals surface area (Å²) in [5, 5.41) is 0. The van der Waals surface area contributed by atoms with Gasteiger partial charge in [0, 0.05) is 4.47 Å². The maximum Gasteiger partial charge on any atom is 1.00 e. The van der Waals surface area contributed by atoms with Crippen molar-refractivity contribution in [2.45, 2.75) is 6.18 Å². The van der Waals surface area contributed by atoms with Crippen LogP contribution in [0.4, 0.5) is 13.2 Å². The van der Waals surface area contributed by atoms with Gasteiger partial charge in [-0.1, -0.05) is 28.1 Å². The fourth-order valence-corrected chi connectivity index (χ4v) is 1.68. The second kappa shape index (κ2) is 8.53. The first-order valence-electron chi connectivity index (χ1n) is 5.06. The van der Waals surface area contributed by atoms with E-state index in [1.165, 1.54) is 18.2 Å². The molecule has 0 saturated heterocycles. The minimum absolute atomic E-state index is 0. The Kier molecular flexibility index (Phi) is 8.57. The van der Waals surface area contributed by atoms with Gasteiger partial charge < -0.3 is 10.2 Å². The first-order chi connectivity index (χ1) is 8.47. The number of benzene rings is 2. The van der Waals surface area contributed by atoms with E-state index >= 15 is 0 Å². The Labute approximate surface area is 165 Å². The summed E-state index contributed by atoms with van der Waals surface area (Å²) in [6.07, 6.45) is -4.42. The second-order valence-corrected chi connectivity index (χ2v) is 4.47. The minimum Gasteiger partial charge on any atom is -0.870 e. The number of halogens is 4. The largest absolute Gasteiger partial charge is 1.00 e. The summed E-state index contributed by atoms with van der Waals surface area (Å²) in [5.74, 6) is 0.155. The standard InChI is InChI=1S/C13H8BrF3O.K.H2O/c14-9-5-7-10(8-6-9)18-12-4-2-1-3-11(12)13(15,16)17;;/h1-8H;;1H2/q;+1;/p-1. The summed E-state index contributed by atoms with van der Waals surface area (Å²) in [4.78, 5) is 0. The average Bonchev–Trinajstić information content (AvgIpc) is 2.31. The molecule has 0 amide bonds. The van der Waals surface area contributed by atoms with Crippen LogP contribution in [-0.2, 0) is 6.18 Å². The molecule has 7 heteroatoms. The predicted molar refractivity (Wildman–Crippen MR) is 67.6 cm³/mol. The fourth-order valence-electron chi connectivity index (χ4n) is 1.42. The molecule has 0 saturated carbocycles. The third-order valence-electron chi connectivity index (χ3n) is 2.23. The molecule has 0 heterocycles. The molecule has 0 aliphatic heterocycles. The summed E-state index contributed by atoms with van der Waals surface area (Å²) >= 11 is 3.24. The zero-order valence-electron chi connectivity index (χ0n) is 10.5. The maximum atomic E-state index is 12.7. The van der Waals surface area contributed by atoms with Gasteiger partial charge in [-0.15, -0.1) is 0 Å². The molecule has 2 aromatic rings. The van der Waals surface area contributed by atoms with Gasteiger partial charge in [0.05, 0.1) is 5.56 Å². The Morgan fingerprint density at radius 2 is 1.45 bits per heavy atom. The van der Waals surface area contributed by atoms with Crippen LogP contribution in [-0.4, -0.2) is 5.48 Å². The van der Waals surface area contributed by atoms with Crippen LogP contribution in [0.25, 0.3) is 0 Å². The van der Waals surface area contributed by atoms with E-state index in [0.717, 1.165) is 10.5 Å². The molecule has 0 bridgehead atoms. The van der Waals surface area contributed by atoms with Crippen LogP contribution >= 0.6 is 15.9 Å². The molecule has 102 valence electrons. The molecule has 0 atom stereocenters. The van der Waals surface area contributed by atoms with Gasteiger partial charge in [0.2, 0.25) is 0 Å². The molecule has 0 unspecified atom stereocenters. The smallest absolute Gasteiger partial charge is 0.870 e. The van der Waals surface area contributed by atoms with Crippen molar-refractivity contribution < 1.29 is 74.8 Å². The van der Waals surface area contributed by atoms with Crippen molar-refractivity contribution >= 4 is 15.9 Å². The van der Waals surface area contributed by atoms with Crippen molar-refractivity contribution in [3.8, 4) is 11.5 Å². The fraction of sp³-hybridized carbons (Fsp3) is 0.0769. The molecular weight excluding hydrogens is 364 g/mol. The van der Waals surface area contributed by atoms with Crippen molar-refractivity contribution in [1.82, 2.24) is 0 Å². The molecule has 20 heavy (non-hydrogen) atoms. The van der Waals surface area contributed by atoms with Crippen LogP contribution in [0.3, 0.4) is 0 Å². The third-order valence-corrected chi connectivity index (χ3v) is 2.76. The molecule has 2 aromatic carbocycles. The topological polar surface area (TPSA) is 39.2 Å². The van der Waals surface area contributed by atoms with E-state index in [2.05, 4.69) is 15.9 Å². The van der Waals surface area contributed by atoms with E-state index in [4.69, 9.17) is 4.74 Å². The van der Waals surface area contributed by atoms with Crippen LogP contribution in [0.2, 0.25) is 0 Å². The summed E-state index contributed by atoms with van der Waals surface area (Å²) in [5.41, 5.74) is -0.784. The Hall–Kier alpha value is 0.106. The van der Waals surface area contributed by atoms with Gasteiger partial charge >= 0.3 is 57.6 Å². The number of rotatable bonds is 2. The van der Waals surface area contributed by atoms with Gasteiger partial charge in [0.1, 0.15) is 11.5 Å². The zero-order valence-corrected chi connectivity index (χ0v) is 15.2. The molecule has 0 aliphatic carbocycles. The quantitative estimate of drug-likeness (QED) is 0.757. The summed E-state index contributed by atoms with van der Waals surface area (Å²) in [7, 11) is 0. The Morgan fingerprint density at radius 1 is 0.900 bits per heavy atom. The SMILES string of the molecule is FC(F)(F)c1ccccc1Oc1ccc(Br)cc1.[K+].[OH-]. The number of alkyl halides is 3. The molecule has 0 radical (unpaired) electrons. The number of hydrogen-bond donors (Lipinski definition) is 0. The minimum atomic E-state index is -4.42. The van der Waals surface area contributed by atoms with Gasteiger partial charge in [-0.3, -0.25) is 0 Å². The first kappa shape index (κ1) is 20.1.